The third-order valence-corrected chi connectivity index (χ3v) is 6.14. The van der Waals surface area contributed by atoms with E-state index in [1.165, 1.54) is 11.3 Å². The summed E-state index contributed by atoms with van der Waals surface area (Å²) in [7, 11) is -3.32. The zero-order valence-corrected chi connectivity index (χ0v) is 12.3. The van der Waals surface area contributed by atoms with E-state index in [1.54, 1.807) is 11.4 Å². The van der Waals surface area contributed by atoms with Crippen LogP contribution in [0.1, 0.15) is 10.4 Å². The van der Waals surface area contributed by atoms with Crippen LogP contribution in [-0.4, -0.2) is 26.0 Å². The van der Waals surface area contributed by atoms with Gasteiger partial charge in [-0.15, -0.1) is 11.3 Å². The summed E-state index contributed by atoms with van der Waals surface area (Å²) in [5.74, 6) is 0.337. The predicted molar refractivity (Wildman–Crippen MR) is 81.0 cm³/mol. The van der Waals surface area contributed by atoms with Crippen molar-refractivity contribution in [2.75, 3.05) is 5.75 Å². The number of hydrogen-bond donors (Lipinski definition) is 1. The highest BCUT2D eigenvalue weighted by Crippen LogP contribution is 2.27. The number of nitrogens with zero attached hydrogens (tertiary/aromatic N) is 1. The Morgan fingerprint density at radius 1 is 1.25 bits per heavy atom. The molecule has 0 fully saturated rings. The number of amidine groups is 1. The summed E-state index contributed by atoms with van der Waals surface area (Å²) in [6.07, 6.45) is 0.579. The van der Waals surface area contributed by atoms with Crippen molar-refractivity contribution in [3.05, 3.63) is 52.2 Å². The van der Waals surface area contributed by atoms with Crippen LogP contribution < -0.4 is 5.73 Å². The van der Waals surface area contributed by atoms with E-state index in [1.807, 2.05) is 30.3 Å². The second-order valence-electron chi connectivity index (χ2n) is 4.75. The van der Waals surface area contributed by atoms with E-state index in [0.29, 0.717) is 22.0 Å². The van der Waals surface area contributed by atoms with Gasteiger partial charge in [0.15, 0.2) is 9.84 Å². The first kappa shape index (κ1) is 13.3. The fourth-order valence-corrected chi connectivity index (χ4v) is 5.21. The molecule has 1 aliphatic heterocycles. The van der Waals surface area contributed by atoms with Crippen molar-refractivity contribution in [1.82, 2.24) is 0 Å². The summed E-state index contributed by atoms with van der Waals surface area (Å²) in [6, 6.07) is 11.0. The van der Waals surface area contributed by atoms with Crippen LogP contribution in [-0.2, 0) is 16.3 Å². The average Bonchev–Trinajstić information content (AvgIpc) is 2.86. The van der Waals surface area contributed by atoms with Gasteiger partial charge in [-0.2, -0.15) is 0 Å². The molecule has 0 saturated heterocycles. The number of aliphatic imine (C=N–C) groups is 1. The molecule has 1 aliphatic rings. The van der Waals surface area contributed by atoms with Crippen molar-refractivity contribution in [2.45, 2.75) is 17.4 Å². The molecule has 1 aromatic carbocycles. The van der Waals surface area contributed by atoms with Crippen LogP contribution in [0.15, 0.2) is 51.7 Å². The van der Waals surface area contributed by atoms with Crippen LogP contribution in [0.25, 0.3) is 0 Å². The summed E-state index contributed by atoms with van der Waals surface area (Å²) in [4.78, 5) is 5.29. The third kappa shape index (κ3) is 2.48. The summed E-state index contributed by atoms with van der Waals surface area (Å²) in [5, 5.41) is 1.74. The molecule has 2 heterocycles. The van der Waals surface area contributed by atoms with Gasteiger partial charge >= 0.3 is 0 Å². The fourth-order valence-electron chi connectivity index (χ4n) is 2.36. The lowest BCUT2D eigenvalue weighted by Gasteiger charge is -2.10. The van der Waals surface area contributed by atoms with E-state index < -0.39 is 9.84 Å². The topological polar surface area (TPSA) is 72.5 Å². The minimum atomic E-state index is -3.32. The lowest BCUT2D eigenvalue weighted by atomic mass is 10.1. The molecule has 104 valence electrons. The van der Waals surface area contributed by atoms with E-state index >= 15 is 0 Å². The maximum absolute atomic E-state index is 12.4. The van der Waals surface area contributed by atoms with E-state index in [-0.39, 0.29) is 11.8 Å². The van der Waals surface area contributed by atoms with E-state index in [4.69, 9.17) is 5.73 Å². The molecule has 3 rings (SSSR count). The number of hydrogen-bond acceptors (Lipinski definition) is 5. The van der Waals surface area contributed by atoms with Crippen molar-refractivity contribution in [2.24, 2.45) is 10.7 Å². The molecular weight excluding hydrogens is 292 g/mol. The van der Waals surface area contributed by atoms with E-state index in [2.05, 4.69) is 4.99 Å². The van der Waals surface area contributed by atoms with Crippen LogP contribution in [0.3, 0.4) is 0 Å². The Hall–Kier alpha value is -1.66. The Labute approximate surface area is 121 Å². The van der Waals surface area contributed by atoms with Crippen LogP contribution in [0.2, 0.25) is 0 Å². The van der Waals surface area contributed by atoms with Crippen LogP contribution >= 0.6 is 11.3 Å². The molecule has 0 spiro atoms. The summed E-state index contributed by atoms with van der Waals surface area (Å²) in [6.45, 7) is 0. The van der Waals surface area contributed by atoms with Crippen LogP contribution in [0.5, 0.6) is 0 Å². The highest BCUT2D eigenvalue weighted by atomic mass is 32.2. The Morgan fingerprint density at radius 2 is 2.00 bits per heavy atom. The largest absolute Gasteiger partial charge is 0.383 e. The van der Waals surface area contributed by atoms with Crippen molar-refractivity contribution < 1.29 is 8.42 Å². The molecule has 2 aromatic rings. The zero-order valence-electron chi connectivity index (χ0n) is 10.7. The Morgan fingerprint density at radius 3 is 2.75 bits per heavy atom. The monoisotopic (exact) mass is 306 g/mol. The van der Waals surface area contributed by atoms with Gasteiger partial charge in [-0.25, -0.2) is 8.42 Å². The summed E-state index contributed by atoms with van der Waals surface area (Å²) in [5.41, 5.74) is 7.02. The van der Waals surface area contributed by atoms with Gasteiger partial charge in [-0.05, 0) is 23.4 Å². The minimum absolute atomic E-state index is 0.00628. The fraction of sp³-hybridized carbons (Fsp3) is 0.214. The molecule has 20 heavy (non-hydrogen) atoms. The van der Waals surface area contributed by atoms with E-state index in [0.717, 1.165) is 5.56 Å². The summed E-state index contributed by atoms with van der Waals surface area (Å²) < 4.78 is 24.8. The van der Waals surface area contributed by atoms with Gasteiger partial charge < -0.3 is 5.73 Å². The van der Waals surface area contributed by atoms with Gasteiger partial charge in [-0.3, -0.25) is 4.99 Å². The van der Waals surface area contributed by atoms with Gasteiger partial charge in [0, 0.05) is 0 Å². The SMILES string of the molecule is NC1=N[C@@H](Cc2ccccc2)CS(=O)(=O)c2ccsc21. The van der Waals surface area contributed by atoms with Crippen molar-refractivity contribution in [1.29, 1.82) is 0 Å². The minimum Gasteiger partial charge on any atom is -0.383 e. The molecule has 1 aromatic heterocycles. The zero-order chi connectivity index (χ0) is 14.2. The standard InChI is InChI=1S/C14H14N2O2S2/c15-14-13-12(6-7-19-13)20(17,18)9-11(16-14)8-10-4-2-1-3-5-10/h1-7,11H,8-9H2,(H2,15,16)/t11-/m0/s1. The molecule has 0 aliphatic carbocycles. The molecule has 1 atom stereocenters. The molecule has 0 amide bonds. The van der Waals surface area contributed by atoms with Gasteiger partial charge in [0.25, 0.3) is 0 Å². The quantitative estimate of drug-likeness (QED) is 0.920. The average molecular weight is 306 g/mol. The second-order valence-corrected chi connectivity index (χ2v) is 7.67. The first-order valence-corrected chi connectivity index (χ1v) is 8.77. The lowest BCUT2D eigenvalue weighted by Crippen LogP contribution is -2.21. The highest BCUT2D eigenvalue weighted by Gasteiger charge is 2.29. The van der Waals surface area contributed by atoms with Crippen LogP contribution in [0.4, 0.5) is 0 Å². The smallest absolute Gasteiger partial charge is 0.182 e. The van der Waals surface area contributed by atoms with Gasteiger partial charge in [-0.1, -0.05) is 30.3 Å². The maximum atomic E-state index is 12.4. The Bertz CT molecular complexity index is 748. The first-order chi connectivity index (χ1) is 9.56. The summed E-state index contributed by atoms with van der Waals surface area (Å²) >= 11 is 1.32. The van der Waals surface area contributed by atoms with Gasteiger partial charge in [0.05, 0.1) is 21.6 Å². The molecule has 0 unspecified atom stereocenters. The number of rotatable bonds is 2. The lowest BCUT2D eigenvalue weighted by molar-refractivity contribution is 0.587. The maximum Gasteiger partial charge on any atom is 0.182 e. The van der Waals surface area contributed by atoms with Crippen molar-refractivity contribution in [3.8, 4) is 0 Å². The van der Waals surface area contributed by atoms with Crippen molar-refractivity contribution >= 4 is 27.0 Å². The number of fused-ring (bicyclic) bond motifs is 1. The predicted octanol–water partition coefficient (Wildman–Crippen LogP) is 1.85. The van der Waals surface area contributed by atoms with E-state index in [9.17, 15) is 8.42 Å². The number of sulfone groups is 1. The Balaban J connectivity index is 1.96. The molecule has 0 radical (unpaired) electrons. The van der Waals surface area contributed by atoms with Gasteiger partial charge in [0.2, 0.25) is 0 Å². The number of nitrogens with two attached hydrogens (primary N) is 1. The molecule has 2 N–H and O–H groups in total. The first-order valence-electron chi connectivity index (χ1n) is 6.24. The Kier molecular flexibility index (Phi) is 3.35. The van der Waals surface area contributed by atoms with Crippen LogP contribution in [0, 0.1) is 0 Å². The number of thiophene rings is 1. The molecule has 0 bridgehead atoms. The normalized spacial score (nSPS) is 20.8. The third-order valence-electron chi connectivity index (χ3n) is 3.24. The van der Waals surface area contributed by atoms with Gasteiger partial charge in [0.1, 0.15) is 5.84 Å². The molecule has 6 heteroatoms. The molecule has 4 nitrogen and oxygen atoms in total. The van der Waals surface area contributed by atoms with Crippen molar-refractivity contribution in [3.63, 3.8) is 0 Å². The second kappa shape index (κ2) is 5.03. The highest BCUT2D eigenvalue weighted by molar-refractivity contribution is 7.91. The molecular formula is C14H14N2O2S2. The number of benzene rings is 1. The molecule has 0 saturated carbocycles.